The maximum absolute atomic E-state index is 13.9. The third-order valence-corrected chi connectivity index (χ3v) is 5.43. The van der Waals surface area contributed by atoms with E-state index in [1.807, 2.05) is 0 Å². The van der Waals surface area contributed by atoms with Crippen molar-refractivity contribution in [1.29, 1.82) is 0 Å². The average molecular weight is 424 g/mol. The van der Waals surface area contributed by atoms with Crippen LogP contribution in [-0.2, 0) is 12.5 Å². The molecule has 4 rings (SSSR count). The lowest BCUT2D eigenvalue weighted by atomic mass is 10.1. The van der Waals surface area contributed by atoms with E-state index in [9.17, 15) is 22.0 Å². The topological polar surface area (TPSA) is 47.1 Å². The largest absolute Gasteiger partial charge is 0.340 e. The molecule has 1 aliphatic rings. The SMILES string of the molecule is CC(F)(F)c1ccc(Cn2c(N3CCC(F)C(N)C3)nc3cc(F)c(F)cc32)cc1. The van der Waals surface area contributed by atoms with E-state index < -0.39 is 29.8 Å². The molecule has 0 amide bonds. The van der Waals surface area contributed by atoms with Gasteiger partial charge in [0.1, 0.15) is 6.17 Å². The summed E-state index contributed by atoms with van der Waals surface area (Å²) in [5.74, 6) is -4.59. The van der Waals surface area contributed by atoms with Crippen LogP contribution in [0.1, 0.15) is 24.5 Å². The van der Waals surface area contributed by atoms with Crippen molar-refractivity contribution in [2.24, 2.45) is 5.73 Å². The number of aromatic nitrogens is 2. The van der Waals surface area contributed by atoms with Gasteiger partial charge in [-0.25, -0.2) is 26.9 Å². The standard InChI is InChI=1S/C21H21F5N4/c1-21(25,26)13-4-2-12(3-5-13)10-30-19-9-16(24)15(23)8-18(19)28-20(30)29-7-6-14(22)17(27)11-29/h2-5,8-9,14,17H,6-7,10-11,27H2,1H3. The van der Waals surface area contributed by atoms with Crippen LogP contribution in [-0.4, -0.2) is 34.9 Å². The minimum absolute atomic E-state index is 0.119. The first-order chi connectivity index (χ1) is 14.1. The maximum atomic E-state index is 13.9. The second-order valence-electron chi connectivity index (χ2n) is 7.75. The normalized spacial score (nSPS) is 20.2. The number of hydrogen-bond donors (Lipinski definition) is 1. The molecule has 2 N–H and O–H groups in total. The highest BCUT2D eigenvalue weighted by atomic mass is 19.3. The highest BCUT2D eigenvalue weighted by Gasteiger charge is 2.30. The maximum Gasteiger partial charge on any atom is 0.270 e. The van der Waals surface area contributed by atoms with Crippen LogP contribution in [0.5, 0.6) is 0 Å². The Morgan fingerprint density at radius 2 is 1.80 bits per heavy atom. The minimum atomic E-state index is -2.96. The molecule has 0 aliphatic carbocycles. The number of nitrogens with two attached hydrogens (primary N) is 1. The summed E-state index contributed by atoms with van der Waals surface area (Å²) < 4.78 is 70.1. The van der Waals surface area contributed by atoms with E-state index in [1.54, 1.807) is 21.6 Å². The summed E-state index contributed by atoms with van der Waals surface area (Å²) in [4.78, 5) is 6.22. The molecular weight excluding hydrogens is 403 g/mol. The number of alkyl halides is 3. The molecule has 4 nitrogen and oxygen atoms in total. The van der Waals surface area contributed by atoms with Crippen molar-refractivity contribution in [1.82, 2.24) is 9.55 Å². The van der Waals surface area contributed by atoms with Gasteiger partial charge in [0.15, 0.2) is 11.6 Å². The Kier molecular flexibility index (Phi) is 5.17. The molecule has 1 fully saturated rings. The van der Waals surface area contributed by atoms with Crippen LogP contribution in [0.25, 0.3) is 11.0 Å². The number of hydrogen-bond acceptors (Lipinski definition) is 3. The van der Waals surface area contributed by atoms with Gasteiger partial charge in [0.05, 0.1) is 23.6 Å². The molecule has 9 heteroatoms. The molecule has 1 saturated heterocycles. The summed E-state index contributed by atoms with van der Waals surface area (Å²) in [5.41, 5.74) is 7.02. The highest BCUT2D eigenvalue weighted by Crippen LogP contribution is 2.30. The van der Waals surface area contributed by atoms with Crippen LogP contribution in [0, 0.1) is 11.6 Å². The second-order valence-corrected chi connectivity index (χ2v) is 7.75. The number of fused-ring (bicyclic) bond motifs is 1. The lowest BCUT2D eigenvalue weighted by Crippen LogP contribution is -2.50. The minimum Gasteiger partial charge on any atom is -0.340 e. The molecule has 30 heavy (non-hydrogen) atoms. The quantitative estimate of drug-likeness (QED) is 0.634. The smallest absolute Gasteiger partial charge is 0.270 e. The predicted octanol–water partition coefficient (Wildman–Crippen LogP) is 4.35. The van der Waals surface area contributed by atoms with Crippen molar-refractivity contribution in [2.45, 2.75) is 38.0 Å². The fourth-order valence-corrected chi connectivity index (χ4v) is 3.73. The monoisotopic (exact) mass is 424 g/mol. The number of nitrogens with zero attached hydrogens (tertiary/aromatic N) is 3. The fourth-order valence-electron chi connectivity index (χ4n) is 3.73. The summed E-state index contributed by atoms with van der Waals surface area (Å²) >= 11 is 0. The number of halogens is 5. The van der Waals surface area contributed by atoms with Crippen molar-refractivity contribution in [2.75, 3.05) is 18.0 Å². The third-order valence-electron chi connectivity index (χ3n) is 5.43. The van der Waals surface area contributed by atoms with Gasteiger partial charge in [0, 0.05) is 37.7 Å². The van der Waals surface area contributed by atoms with Gasteiger partial charge >= 0.3 is 0 Å². The van der Waals surface area contributed by atoms with Crippen LogP contribution >= 0.6 is 0 Å². The van der Waals surface area contributed by atoms with Crippen molar-refractivity contribution in [3.63, 3.8) is 0 Å². The lowest BCUT2D eigenvalue weighted by Gasteiger charge is -2.34. The molecule has 0 spiro atoms. The summed E-state index contributed by atoms with van der Waals surface area (Å²) in [6.45, 7) is 1.57. The van der Waals surface area contributed by atoms with Gasteiger partial charge in [-0.3, -0.25) is 0 Å². The van der Waals surface area contributed by atoms with E-state index in [0.717, 1.165) is 19.1 Å². The lowest BCUT2D eigenvalue weighted by molar-refractivity contribution is 0.0174. The Morgan fingerprint density at radius 1 is 1.13 bits per heavy atom. The Morgan fingerprint density at radius 3 is 2.43 bits per heavy atom. The molecule has 0 saturated carbocycles. The molecule has 2 heterocycles. The molecule has 160 valence electrons. The van der Waals surface area contributed by atoms with Gasteiger partial charge < -0.3 is 15.2 Å². The van der Waals surface area contributed by atoms with Crippen LogP contribution in [0.2, 0.25) is 0 Å². The third kappa shape index (κ3) is 3.86. The first kappa shape index (κ1) is 20.6. The molecule has 1 aliphatic heterocycles. The molecule has 2 aromatic carbocycles. The number of imidazole rings is 1. The summed E-state index contributed by atoms with van der Waals surface area (Å²) in [6, 6.07) is 7.14. The van der Waals surface area contributed by atoms with Crippen molar-refractivity contribution in [3.05, 3.63) is 59.2 Å². The van der Waals surface area contributed by atoms with Crippen molar-refractivity contribution < 1.29 is 22.0 Å². The van der Waals surface area contributed by atoms with Gasteiger partial charge in [-0.05, 0) is 12.0 Å². The molecule has 1 aromatic heterocycles. The van der Waals surface area contributed by atoms with E-state index in [4.69, 9.17) is 5.73 Å². The fraction of sp³-hybridized carbons (Fsp3) is 0.381. The van der Waals surface area contributed by atoms with Crippen LogP contribution in [0.3, 0.4) is 0 Å². The first-order valence-electron chi connectivity index (χ1n) is 9.60. The zero-order chi connectivity index (χ0) is 21.6. The number of anilines is 1. The number of benzene rings is 2. The molecule has 2 atom stereocenters. The van der Waals surface area contributed by atoms with E-state index in [-0.39, 0.29) is 30.6 Å². The predicted molar refractivity (Wildman–Crippen MR) is 104 cm³/mol. The Labute approximate surface area is 170 Å². The zero-order valence-electron chi connectivity index (χ0n) is 16.3. The van der Waals surface area contributed by atoms with Crippen molar-refractivity contribution >= 4 is 17.0 Å². The van der Waals surface area contributed by atoms with Crippen molar-refractivity contribution in [3.8, 4) is 0 Å². The van der Waals surface area contributed by atoms with Gasteiger partial charge in [-0.1, -0.05) is 24.3 Å². The van der Waals surface area contributed by atoms with Gasteiger partial charge in [0.25, 0.3) is 5.92 Å². The Balaban J connectivity index is 1.75. The summed E-state index contributed by atoms with van der Waals surface area (Å²) in [5, 5.41) is 0. The molecular formula is C21H21F5N4. The molecule has 2 unspecified atom stereocenters. The van der Waals surface area contributed by atoms with Gasteiger partial charge in [-0.15, -0.1) is 0 Å². The van der Waals surface area contributed by atoms with Gasteiger partial charge in [0.2, 0.25) is 5.95 Å². The van der Waals surface area contributed by atoms with Crippen LogP contribution in [0.4, 0.5) is 27.9 Å². The van der Waals surface area contributed by atoms with E-state index >= 15 is 0 Å². The summed E-state index contributed by atoms with van der Waals surface area (Å²) in [7, 11) is 0. The average Bonchev–Trinajstić information content (AvgIpc) is 3.01. The summed E-state index contributed by atoms with van der Waals surface area (Å²) in [6.07, 6.45) is -0.912. The first-order valence-corrected chi connectivity index (χ1v) is 9.60. The number of rotatable bonds is 4. The van der Waals surface area contributed by atoms with Gasteiger partial charge in [-0.2, -0.15) is 0 Å². The second kappa shape index (κ2) is 7.54. The van der Waals surface area contributed by atoms with E-state index in [1.165, 1.54) is 12.1 Å². The Bertz CT molecular complexity index is 1060. The molecule has 3 aromatic rings. The van der Waals surface area contributed by atoms with E-state index in [0.29, 0.717) is 23.6 Å². The molecule has 0 radical (unpaired) electrons. The zero-order valence-corrected chi connectivity index (χ0v) is 16.3. The highest BCUT2D eigenvalue weighted by molar-refractivity contribution is 5.79. The number of piperidine rings is 1. The van der Waals surface area contributed by atoms with Crippen LogP contribution < -0.4 is 10.6 Å². The van der Waals surface area contributed by atoms with Crippen LogP contribution in [0.15, 0.2) is 36.4 Å². The van der Waals surface area contributed by atoms with E-state index in [2.05, 4.69) is 4.98 Å². The Hall–Kier alpha value is -2.68. The molecule has 0 bridgehead atoms.